The van der Waals surface area contributed by atoms with Gasteiger partial charge < -0.3 is 25.7 Å². The molecule has 0 radical (unpaired) electrons. The fourth-order valence-corrected chi connectivity index (χ4v) is 2.19. The molecule has 5 N–H and O–H groups in total. The van der Waals surface area contributed by atoms with Crippen LogP contribution in [0.15, 0.2) is 29.1 Å². The molecule has 1 aromatic carbocycles. The first-order valence-corrected chi connectivity index (χ1v) is 6.53. The number of aromatic carboxylic acids is 2. The molecule has 0 fully saturated rings. The zero-order chi connectivity index (χ0) is 18.0. The molecule has 0 aliphatic carbocycles. The zero-order valence-electron chi connectivity index (χ0n) is 12.3. The van der Waals surface area contributed by atoms with E-state index in [9.17, 15) is 29.4 Å². The molecule has 24 heavy (non-hydrogen) atoms. The Labute approximate surface area is 134 Å². The van der Waals surface area contributed by atoms with Gasteiger partial charge in [-0.2, -0.15) is 0 Å². The molecule has 0 spiro atoms. The van der Waals surface area contributed by atoms with Gasteiger partial charge in [0.25, 0.3) is 5.56 Å². The molecule has 0 aliphatic heterocycles. The van der Waals surface area contributed by atoms with Crippen molar-refractivity contribution in [1.82, 2.24) is 4.98 Å². The van der Waals surface area contributed by atoms with Crippen LogP contribution in [0.1, 0.15) is 27.6 Å². The number of carboxylic acids is 2. The van der Waals surface area contributed by atoms with E-state index >= 15 is 0 Å². The van der Waals surface area contributed by atoms with Gasteiger partial charge in [0, 0.05) is 12.5 Å². The van der Waals surface area contributed by atoms with Gasteiger partial charge in [0.05, 0.1) is 0 Å². The highest BCUT2D eigenvalue weighted by Crippen LogP contribution is 2.30. The molecule has 0 aliphatic rings. The molecule has 1 aromatic heterocycles. The lowest BCUT2D eigenvalue weighted by Crippen LogP contribution is -2.24. The van der Waals surface area contributed by atoms with Crippen molar-refractivity contribution >= 4 is 23.7 Å². The van der Waals surface area contributed by atoms with Gasteiger partial charge in [-0.3, -0.25) is 9.59 Å². The largest absolute Gasteiger partial charge is 0.478 e. The predicted molar refractivity (Wildman–Crippen MR) is 82.1 cm³/mol. The molecule has 0 saturated carbocycles. The Hall–Kier alpha value is -3.62. The summed E-state index contributed by atoms with van der Waals surface area (Å²) in [5.74, 6) is -3.93. The van der Waals surface area contributed by atoms with Gasteiger partial charge in [-0.15, -0.1) is 0 Å². The van der Waals surface area contributed by atoms with Gasteiger partial charge >= 0.3 is 17.9 Å². The lowest BCUT2D eigenvalue weighted by molar-refractivity contribution is -0.131. The molecule has 0 amide bonds. The van der Waals surface area contributed by atoms with E-state index < -0.39 is 40.4 Å². The van der Waals surface area contributed by atoms with Crippen molar-refractivity contribution in [2.45, 2.75) is 6.92 Å². The van der Waals surface area contributed by atoms with Gasteiger partial charge in [0.1, 0.15) is 22.7 Å². The summed E-state index contributed by atoms with van der Waals surface area (Å²) in [7, 11) is 0. The first-order chi connectivity index (χ1) is 11.2. The summed E-state index contributed by atoms with van der Waals surface area (Å²) in [6.45, 7) is 1.20. The SMILES string of the molecule is CC(=O)Oc1ccc(-c2c(C(=O)O)c(N)[nH]c(=O)c2C(=O)O)cc1. The Morgan fingerprint density at radius 1 is 1.04 bits per heavy atom. The van der Waals surface area contributed by atoms with Crippen molar-refractivity contribution in [3.8, 4) is 16.9 Å². The molecule has 9 nitrogen and oxygen atoms in total. The number of rotatable bonds is 4. The van der Waals surface area contributed by atoms with E-state index in [4.69, 9.17) is 10.5 Å². The van der Waals surface area contributed by atoms with Crippen molar-refractivity contribution in [3.63, 3.8) is 0 Å². The molecule has 0 unspecified atom stereocenters. The third-order valence-corrected chi connectivity index (χ3v) is 3.08. The molecule has 124 valence electrons. The van der Waals surface area contributed by atoms with E-state index in [0.29, 0.717) is 0 Å². The Morgan fingerprint density at radius 2 is 1.58 bits per heavy atom. The number of hydrogen-bond acceptors (Lipinski definition) is 6. The van der Waals surface area contributed by atoms with Crippen LogP contribution in [0.25, 0.3) is 11.1 Å². The molecule has 1 heterocycles. The maximum Gasteiger partial charge on any atom is 0.342 e. The summed E-state index contributed by atoms with van der Waals surface area (Å²) in [6, 6.07) is 5.33. The molecule has 0 atom stereocenters. The normalized spacial score (nSPS) is 10.2. The van der Waals surface area contributed by atoms with Crippen molar-refractivity contribution < 1.29 is 29.3 Å². The van der Waals surface area contributed by atoms with Crippen molar-refractivity contribution in [2.24, 2.45) is 0 Å². The number of hydrogen-bond donors (Lipinski definition) is 4. The van der Waals surface area contributed by atoms with Crippen LogP contribution in [-0.2, 0) is 4.79 Å². The third-order valence-electron chi connectivity index (χ3n) is 3.08. The smallest absolute Gasteiger partial charge is 0.342 e. The van der Waals surface area contributed by atoms with E-state index in [1.165, 1.54) is 31.2 Å². The molecule has 9 heteroatoms. The number of nitrogen functional groups attached to an aromatic ring is 1. The van der Waals surface area contributed by atoms with E-state index in [1.807, 2.05) is 4.98 Å². The number of carbonyl (C=O) groups is 3. The number of H-pyrrole nitrogens is 1. The average molecular weight is 332 g/mol. The first kappa shape index (κ1) is 16.7. The summed E-state index contributed by atoms with van der Waals surface area (Å²) in [6.07, 6.45) is 0. The Kier molecular flexibility index (Phi) is 4.36. The standard InChI is InChI=1S/C15H12N2O7/c1-6(18)24-8-4-2-7(3-5-8)9-10(14(20)21)12(16)17-13(19)11(9)15(22)23/h2-5H,1H3,(H,20,21)(H,22,23)(H3,16,17,19). The fraction of sp³-hybridized carbons (Fsp3) is 0.0667. The predicted octanol–water partition coefficient (Wildman–Crippen LogP) is 0.946. The minimum absolute atomic E-state index is 0.124. The fourth-order valence-electron chi connectivity index (χ4n) is 2.19. The molecule has 2 aromatic rings. The highest BCUT2D eigenvalue weighted by Gasteiger charge is 2.26. The van der Waals surface area contributed by atoms with E-state index in [-0.39, 0.29) is 16.9 Å². The second kappa shape index (κ2) is 6.24. The highest BCUT2D eigenvalue weighted by atomic mass is 16.5. The van der Waals surface area contributed by atoms with Crippen LogP contribution in [0, 0.1) is 0 Å². The number of esters is 1. The zero-order valence-corrected chi connectivity index (χ0v) is 12.3. The molecular formula is C15H12N2O7. The second-order valence-electron chi connectivity index (χ2n) is 4.72. The van der Waals surface area contributed by atoms with Crippen LogP contribution in [0.2, 0.25) is 0 Å². The number of carbonyl (C=O) groups excluding carboxylic acids is 1. The number of ether oxygens (including phenoxy) is 1. The van der Waals surface area contributed by atoms with Gasteiger partial charge in [0.2, 0.25) is 0 Å². The number of aromatic amines is 1. The lowest BCUT2D eigenvalue weighted by Gasteiger charge is -2.12. The Morgan fingerprint density at radius 3 is 2.04 bits per heavy atom. The van der Waals surface area contributed by atoms with Crippen LogP contribution >= 0.6 is 0 Å². The van der Waals surface area contributed by atoms with Crippen LogP contribution in [0.4, 0.5) is 5.82 Å². The Balaban J connectivity index is 2.76. The van der Waals surface area contributed by atoms with Crippen LogP contribution in [0.5, 0.6) is 5.75 Å². The summed E-state index contributed by atoms with van der Waals surface area (Å²) in [4.78, 5) is 47.6. The van der Waals surface area contributed by atoms with Crippen molar-refractivity contribution in [3.05, 3.63) is 45.7 Å². The summed E-state index contributed by atoms with van der Waals surface area (Å²) in [5.41, 5.74) is 3.01. The van der Waals surface area contributed by atoms with Crippen molar-refractivity contribution in [1.29, 1.82) is 0 Å². The quantitative estimate of drug-likeness (QED) is 0.475. The van der Waals surface area contributed by atoms with E-state index in [0.717, 1.165) is 0 Å². The van der Waals surface area contributed by atoms with Crippen molar-refractivity contribution in [2.75, 3.05) is 5.73 Å². The van der Waals surface area contributed by atoms with Gasteiger partial charge in [0.15, 0.2) is 0 Å². The summed E-state index contributed by atoms with van der Waals surface area (Å²) < 4.78 is 4.84. The number of benzene rings is 1. The maximum atomic E-state index is 11.9. The lowest BCUT2D eigenvalue weighted by atomic mass is 9.95. The maximum absolute atomic E-state index is 11.9. The van der Waals surface area contributed by atoms with Crippen LogP contribution in [-0.4, -0.2) is 33.1 Å². The molecule has 2 rings (SSSR count). The first-order valence-electron chi connectivity index (χ1n) is 6.53. The average Bonchev–Trinajstić information content (AvgIpc) is 2.45. The number of pyridine rings is 1. The number of carboxylic acid groups (broad SMARTS) is 2. The van der Waals surface area contributed by atoms with Crippen LogP contribution < -0.4 is 16.0 Å². The molecule has 0 bridgehead atoms. The van der Waals surface area contributed by atoms with Gasteiger partial charge in [-0.25, -0.2) is 9.59 Å². The Bertz CT molecular complexity index is 897. The van der Waals surface area contributed by atoms with E-state index in [2.05, 4.69) is 0 Å². The summed E-state index contributed by atoms with van der Waals surface area (Å²) >= 11 is 0. The monoisotopic (exact) mass is 332 g/mol. The third kappa shape index (κ3) is 3.09. The topological polar surface area (TPSA) is 160 Å². The number of nitrogens with two attached hydrogens (primary N) is 1. The van der Waals surface area contributed by atoms with E-state index in [1.54, 1.807) is 0 Å². The van der Waals surface area contributed by atoms with Gasteiger partial charge in [-0.05, 0) is 17.7 Å². The van der Waals surface area contributed by atoms with Crippen LogP contribution in [0.3, 0.4) is 0 Å². The minimum Gasteiger partial charge on any atom is -0.478 e. The highest BCUT2D eigenvalue weighted by molar-refractivity contribution is 6.07. The second-order valence-corrected chi connectivity index (χ2v) is 4.72. The number of anilines is 1. The number of nitrogens with one attached hydrogen (secondary N) is 1. The molecule has 0 saturated heterocycles. The minimum atomic E-state index is -1.60. The molecular weight excluding hydrogens is 320 g/mol. The van der Waals surface area contributed by atoms with Gasteiger partial charge in [-0.1, -0.05) is 12.1 Å². The number of aromatic nitrogens is 1. The summed E-state index contributed by atoms with van der Waals surface area (Å²) in [5, 5.41) is 18.6.